The number of benzene rings is 1. The molecule has 0 atom stereocenters. The number of nitriles is 1. The van der Waals surface area contributed by atoms with Crippen molar-refractivity contribution in [3.8, 4) is 6.07 Å². The maximum Gasteiger partial charge on any atom is 0.232 e. The van der Waals surface area contributed by atoms with Gasteiger partial charge in [0.25, 0.3) is 0 Å². The lowest BCUT2D eigenvalue weighted by atomic mass is 10.1. The van der Waals surface area contributed by atoms with E-state index in [-0.39, 0.29) is 5.91 Å². The third-order valence-corrected chi connectivity index (χ3v) is 6.29. The Morgan fingerprint density at radius 3 is 2.56 bits per heavy atom. The topological polar surface area (TPSA) is 47.3 Å². The molecule has 2 aromatic rings. The van der Waals surface area contributed by atoms with Crippen LogP contribution in [0, 0.1) is 11.3 Å². The molecule has 1 saturated heterocycles. The molecule has 6 heteroatoms. The van der Waals surface area contributed by atoms with Gasteiger partial charge in [0.1, 0.15) is 0 Å². The second-order valence-electron chi connectivity index (χ2n) is 6.04. The molecule has 0 spiro atoms. The summed E-state index contributed by atoms with van der Waals surface area (Å²) in [6.07, 6.45) is 0. The van der Waals surface area contributed by atoms with Crippen molar-refractivity contribution in [1.29, 1.82) is 5.26 Å². The van der Waals surface area contributed by atoms with Crippen LogP contribution >= 0.6 is 23.1 Å². The summed E-state index contributed by atoms with van der Waals surface area (Å²) < 4.78 is 0. The second-order valence-corrected chi connectivity index (χ2v) is 8.06. The van der Waals surface area contributed by atoms with Crippen LogP contribution in [0.3, 0.4) is 0 Å². The van der Waals surface area contributed by atoms with Gasteiger partial charge in [0, 0.05) is 43.4 Å². The summed E-state index contributed by atoms with van der Waals surface area (Å²) in [7, 11) is 0. The maximum atomic E-state index is 12.3. The number of hydrogen-bond donors (Lipinski definition) is 0. The summed E-state index contributed by atoms with van der Waals surface area (Å²) in [5.41, 5.74) is 1.91. The molecule has 1 aliphatic heterocycles. The minimum atomic E-state index is 0.250. The number of thioether (sulfide) groups is 1. The highest BCUT2D eigenvalue weighted by Gasteiger charge is 2.20. The number of thiophene rings is 1. The van der Waals surface area contributed by atoms with Crippen LogP contribution in [-0.4, -0.2) is 47.6 Å². The van der Waals surface area contributed by atoms with E-state index < -0.39 is 0 Å². The van der Waals surface area contributed by atoms with Gasteiger partial charge < -0.3 is 4.90 Å². The van der Waals surface area contributed by atoms with Crippen molar-refractivity contribution >= 4 is 29.0 Å². The van der Waals surface area contributed by atoms with Crippen LogP contribution in [0.1, 0.15) is 16.0 Å². The molecule has 1 aromatic carbocycles. The molecule has 4 nitrogen and oxygen atoms in total. The van der Waals surface area contributed by atoms with Crippen LogP contribution in [0.5, 0.6) is 0 Å². The summed E-state index contributed by atoms with van der Waals surface area (Å²) in [6.45, 7) is 4.28. The molecule has 130 valence electrons. The largest absolute Gasteiger partial charge is 0.339 e. The monoisotopic (exact) mass is 371 g/mol. The Kier molecular flexibility index (Phi) is 6.51. The SMILES string of the molecule is N#Cc1ccc(CN2CCN(C(=O)CSCc3cccs3)CC2)cc1. The molecule has 2 heterocycles. The fraction of sp³-hybridized carbons (Fsp3) is 0.368. The third-order valence-electron chi connectivity index (χ3n) is 4.26. The first-order valence-electron chi connectivity index (χ1n) is 8.34. The fourth-order valence-corrected chi connectivity index (χ4v) is 4.59. The number of piperazine rings is 1. The summed E-state index contributed by atoms with van der Waals surface area (Å²) in [5, 5.41) is 10.9. The third kappa shape index (κ3) is 5.33. The van der Waals surface area contributed by atoms with E-state index in [9.17, 15) is 4.79 Å². The van der Waals surface area contributed by atoms with E-state index in [0.29, 0.717) is 11.3 Å². The first-order valence-corrected chi connectivity index (χ1v) is 10.4. The van der Waals surface area contributed by atoms with E-state index in [2.05, 4.69) is 28.5 Å². The smallest absolute Gasteiger partial charge is 0.232 e. The second kappa shape index (κ2) is 9.04. The van der Waals surface area contributed by atoms with Crippen molar-refractivity contribution < 1.29 is 4.79 Å². The Morgan fingerprint density at radius 2 is 1.92 bits per heavy atom. The van der Waals surface area contributed by atoms with Gasteiger partial charge in [-0.25, -0.2) is 0 Å². The normalized spacial score (nSPS) is 15.1. The predicted molar refractivity (Wildman–Crippen MR) is 103 cm³/mol. The Morgan fingerprint density at radius 1 is 1.16 bits per heavy atom. The maximum absolute atomic E-state index is 12.3. The highest BCUT2D eigenvalue weighted by molar-refractivity contribution is 7.99. The quantitative estimate of drug-likeness (QED) is 0.782. The number of rotatable bonds is 6. The van der Waals surface area contributed by atoms with Crippen LogP contribution in [0.2, 0.25) is 0 Å². The lowest BCUT2D eigenvalue weighted by Gasteiger charge is -2.34. The van der Waals surface area contributed by atoms with Crippen molar-refractivity contribution in [3.63, 3.8) is 0 Å². The zero-order valence-corrected chi connectivity index (χ0v) is 15.7. The average molecular weight is 372 g/mol. The van der Waals surface area contributed by atoms with Gasteiger partial charge in [-0.15, -0.1) is 23.1 Å². The highest BCUT2D eigenvalue weighted by Crippen LogP contribution is 2.18. The Labute approximate surface area is 157 Å². The first-order chi connectivity index (χ1) is 12.2. The van der Waals surface area contributed by atoms with Crippen molar-refractivity contribution in [1.82, 2.24) is 9.80 Å². The molecule has 1 aromatic heterocycles. The summed E-state index contributed by atoms with van der Waals surface area (Å²) in [5.74, 6) is 1.73. The standard InChI is InChI=1S/C19H21N3OS2/c20-12-16-3-5-17(6-4-16)13-21-7-9-22(10-8-21)19(23)15-24-14-18-2-1-11-25-18/h1-6,11H,7-10,13-15H2. The molecule has 0 N–H and O–H groups in total. The summed E-state index contributed by atoms with van der Waals surface area (Å²) in [6, 6.07) is 14.1. The minimum Gasteiger partial charge on any atom is -0.339 e. The van der Waals surface area contributed by atoms with E-state index in [4.69, 9.17) is 5.26 Å². The van der Waals surface area contributed by atoms with Gasteiger partial charge in [-0.05, 0) is 29.1 Å². The fourth-order valence-electron chi connectivity index (χ4n) is 2.82. The molecule has 1 amide bonds. The molecule has 25 heavy (non-hydrogen) atoms. The predicted octanol–water partition coefficient (Wildman–Crippen LogP) is 3.20. The van der Waals surface area contributed by atoms with E-state index in [1.807, 2.05) is 29.2 Å². The highest BCUT2D eigenvalue weighted by atomic mass is 32.2. The Bertz CT molecular complexity index is 714. The zero-order valence-electron chi connectivity index (χ0n) is 14.1. The molecular weight excluding hydrogens is 350 g/mol. The van der Waals surface area contributed by atoms with Crippen LogP contribution in [0.4, 0.5) is 0 Å². The molecule has 1 aliphatic rings. The number of carbonyl (C=O) groups is 1. The molecular formula is C19H21N3OS2. The van der Waals surface area contributed by atoms with Crippen LogP contribution in [0.25, 0.3) is 0 Å². The van der Waals surface area contributed by atoms with Crippen LogP contribution < -0.4 is 0 Å². The van der Waals surface area contributed by atoms with Gasteiger partial charge in [-0.2, -0.15) is 5.26 Å². The first kappa shape index (κ1) is 18.0. The van der Waals surface area contributed by atoms with Gasteiger partial charge >= 0.3 is 0 Å². The van der Waals surface area contributed by atoms with Crippen molar-refractivity contribution in [2.75, 3.05) is 31.9 Å². The van der Waals surface area contributed by atoms with Crippen molar-refractivity contribution in [2.24, 2.45) is 0 Å². The number of nitrogens with zero attached hydrogens (tertiary/aromatic N) is 3. The van der Waals surface area contributed by atoms with E-state index in [1.54, 1.807) is 23.1 Å². The van der Waals surface area contributed by atoms with Gasteiger partial charge in [0.2, 0.25) is 5.91 Å². The van der Waals surface area contributed by atoms with E-state index in [0.717, 1.165) is 38.5 Å². The molecule has 1 fully saturated rings. The molecule has 0 aliphatic carbocycles. The van der Waals surface area contributed by atoms with Crippen molar-refractivity contribution in [3.05, 3.63) is 57.8 Å². The van der Waals surface area contributed by atoms with E-state index in [1.165, 1.54) is 10.4 Å². The Balaban J connectivity index is 1.38. The number of amides is 1. The average Bonchev–Trinajstić information content (AvgIpc) is 3.16. The lowest BCUT2D eigenvalue weighted by Crippen LogP contribution is -2.48. The minimum absolute atomic E-state index is 0.250. The van der Waals surface area contributed by atoms with Crippen molar-refractivity contribution in [2.45, 2.75) is 12.3 Å². The zero-order chi connectivity index (χ0) is 17.5. The van der Waals surface area contributed by atoms with Crippen LogP contribution in [0.15, 0.2) is 41.8 Å². The Hall–Kier alpha value is -1.81. The molecule has 0 unspecified atom stereocenters. The summed E-state index contributed by atoms with van der Waals surface area (Å²) >= 11 is 3.44. The van der Waals surface area contributed by atoms with E-state index >= 15 is 0 Å². The number of carbonyl (C=O) groups excluding carboxylic acids is 1. The molecule has 0 bridgehead atoms. The molecule has 0 saturated carbocycles. The lowest BCUT2D eigenvalue weighted by molar-refractivity contribution is -0.130. The van der Waals surface area contributed by atoms with Gasteiger partial charge in [0.15, 0.2) is 0 Å². The summed E-state index contributed by atoms with van der Waals surface area (Å²) in [4.78, 5) is 18.0. The van der Waals surface area contributed by atoms with Gasteiger partial charge in [0.05, 0.1) is 17.4 Å². The molecule has 0 radical (unpaired) electrons. The van der Waals surface area contributed by atoms with Gasteiger partial charge in [-0.3, -0.25) is 9.69 Å². The van der Waals surface area contributed by atoms with Gasteiger partial charge in [-0.1, -0.05) is 18.2 Å². The number of hydrogen-bond acceptors (Lipinski definition) is 5. The molecule has 3 rings (SSSR count). The van der Waals surface area contributed by atoms with Crippen LogP contribution in [-0.2, 0) is 17.1 Å².